The summed E-state index contributed by atoms with van der Waals surface area (Å²) >= 11 is 1.88. The van der Waals surface area contributed by atoms with Crippen LogP contribution in [-0.4, -0.2) is 18.6 Å². The molecule has 1 N–H and O–H groups in total. The Morgan fingerprint density at radius 2 is 2.33 bits per heavy atom. The molecule has 112 valence electrons. The molecule has 0 aliphatic heterocycles. The van der Waals surface area contributed by atoms with Crippen LogP contribution >= 0.6 is 11.3 Å². The van der Waals surface area contributed by atoms with Gasteiger partial charge in [0.2, 0.25) is 0 Å². The summed E-state index contributed by atoms with van der Waals surface area (Å²) in [6.07, 6.45) is 4.51. The average Bonchev–Trinajstić information content (AvgIpc) is 2.91. The van der Waals surface area contributed by atoms with Crippen molar-refractivity contribution < 1.29 is 4.74 Å². The van der Waals surface area contributed by atoms with Gasteiger partial charge >= 0.3 is 0 Å². The Morgan fingerprint density at radius 3 is 3.14 bits per heavy atom. The summed E-state index contributed by atoms with van der Waals surface area (Å²) in [4.78, 5) is 6.33. The second kappa shape index (κ2) is 6.58. The maximum Gasteiger partial charge on any atom is 0.119 e. The van der Waals surface area contributed by atoms with Crippen molar-refractivity contribution in [3.63, 3.8) is 0 Å². The molecular formula is C17H22N2OS. The summed E-state index contributed by atoms with van der Waals surface area (Å²) in [5, 5.41) is 4.81. The molecule has 21 heavy (non-hydrogen) atoms. The summed E-state index contributed by atoms with van der Waals surface area (Å²) in [5.74, 6) is 0.916. The lowest BCUT2D eigenvalue weighted by molar-refractivity contribution is 0.414. The summed E-state index contributed by atoms with van der Waals surface area (Å²) in [7, 11) is 1.71. The Labute approximate surface area is 130 Å². The molecule has 2 aromatic rings. The number of thiazole rings is 1. The van der Waals surface area contributed by atoms with Gasteiger partial charge < -0.3 is 10.1 Å². The third kappa shape index (κ3) is 3.27. The normalized spacial score (nSPS) is 17.5. The molecule has 3 nitrogen and oxygen atoms in total. The van der Waals surface area contributed by atoms with Crippen molar-refractivity contribution in [3.05, 3.63) is 45.4 Å². The number of aryl methyl sites for hydroxylation is 1. The molecule has 1 unspecified atom stereocenters. The van der Waals surface area contributed by atoms with E-state index in [1.165, 1.54) is 34.0 Å². The highest BCUT2D eigenvalue weighted by Gasteiger charge is 2.23. The van der Waals surface area contributed by atoms with Crippen LogP contribution in [0.2, 0.25) is 0 Å². The highest BCUT2D eigenvalue weighted by molar-refractivity contribution is 7.11. The van der Waals surface area contributed by atoms with Crippen LogP contribution in [0.25, 0.3) is 0 Å². The number of benzene rings is 1. The fraction of sp³-hybridized carbons (Fsp3) is 0.471. The van der Waals surface area contributed by atoms with E-state index >= 15 is 0 Å². The molecule has 1 aliphatic rings. The number of methoxy groups -OCH3 is 1. The number of fused-ring (bicyclic) bond motifs is 1. The molecule has 0 fully saturated rings. The Balaban J connectivity index is 1.80. The molecule has 4 heteroatoms. The van der Waals surface area contributed by atoms with E-state index in [2.05, 4.69) is 24.4 Å². The van der Waals surface area contributed by atoms with E-state index in [4.69, 9.17) is 9.72 Å². The summed E-state index contributed by atoms with van der Waals surface area (Å²) in [5.41, 5.74) is 2.58. The van der Waals surface area contributed by atoms with Crippen molar-refractivity contribution in [3.8, 4) is 5.75 Å². The van der Waals surface area contributed by atoms with Crippen LogP contribution in [0.3, 0.4) is 0 Å². The highest BCUT2D eigenvalue weighted by atomic mass is 32.1. The topological polar surface area (TPSA) is 34.2 Å². The number of hydrogen-bond acceptors (Lipinski definition) is 4. The van der Waals surface area contributed by atoms with Gasteiger partial charge in [-0.25, -0.2) is 4.98 Å². The zero-order valence-electron chi connectivity index (χ0n) is 12.7. The van der Waals surface area contributed by atoms with Crippen LogP contribution in [0.5, 0.6) is 5.75 Å². The van der Waals surface area contributed by atoms with Gasteiger partial charge in [-0.1, -0.05) is 19.1 Å². The van der Waals surface area contributed by atoms with Gasteiger partial charge in [0, 0.05) is 17.3 Å². The molecule has 1 aliphatic carbocycles. The molecule has 1 aromatic carbocycles. The minimum atomic E-state index is 0.510. The lowest BCUT2D eigenvalue weighted by Gasteiger charge is -2.21. The number of rotatable bonds is 5. The molecule has 1 atom stereocenters. The molecule has 3 rings (SSSR count). The second-order valence-electron chi connectivity index (χ2n) is 5.45. The number of hydrogen-bond donors (Lipinski definition) is 1. The Kier molecular flexibility index (Phi) is 4.56. The fourth-order valence-corrected chi connectivity index (χ4v) is 4.20. The van der Waals surface area contributed by atoms with Crippen LogP contribution in [0.15, 0.2) is 24.3 Å². The molecule has 0 amide bonds. The lowest BCUT2D eigenvalue weighted by atomic mass is 9.98. The van der Waals surface area contributed by atoms with E-state index in [-0.39, 0.29) is 0 Å². The Hall–Kier alpha value is -1.39. The third-order valence-corrected chi connectivity index (χ3v) is 5.15. The van der Waals surface area contributed by atoms with Crippen molar-refractivity contribution in [2.45, 2.75) is 38.6 Å². The van der Waals surface area contributed by atoms with Crippen molar-refractivity contribution >= 4 is 11.3 Å². The van der Waals surface area contributed by atoms with E-state index in [1.807, 2.05) is 23.5 Å². The van der Waals surface area contributed by atoms with Gasteiger partial charge in [-0.2, -0.15) is 0 Å². The number of aromatic nitrogens is 1. The van der Waals surface area contributed by atoms with Crippen LogP contribution < -0.4 is 10.1 Å². The smallest absolute Gasteiger partial charge is 0.119 e. The molecule has 1 aromatic heterocycles. The lowest BCUT2D eigenvalue weighted by Crippen LogP contribution is -2.23. The van der Waals surface area contributed by atoms with Crippen molar-refractivity contribution in [1.82, 2.24) is 10.3 Å². The van der Waals surface area contributed by atoms with Crippen molar-refractivity contribution in [2.75, 3.05) is 13.7 Å². The maximum atomic E-state index is 5.30. The molecule has 0 bridgehead atoms. The standard InChI is InChI=1S/C17H22N2OS/c1-3-18-14-8-5-9-15-17(14)21-16(19-15)11-12-6-4-7-13(10-12)20-2/h4,6-7,10,14,18H,3,5,8-9,11H2,1-2H3. The Bertz CT molecular complexity index is 609. The number of ether oxygens (including phenoxy) is 1. The summed E-state index contributed by atoms with van der Waals surface area (Å²) in [6, 6.07) is 8.78. The minimum Gasteiger partial charge on any atom is -0.497 e. The maximum absolute atomic E-state index is 5.30. The van der Waals surface area contributed by atoms with Crippen molar-refractivity contribution in [2.24, 2.45) is 0 Å². The van der Waals surface area contributed by atoms with Gasteiger partial charge in [0.15, 0.2) is 0 Å². The van der Waals surface area contributed by atoms with E-state index in [0.717, 1.165) is 25.1 Å². The van der Waals surface area contributed by atoms with Crippen LogP contribution in [0.4, 0.5) is 0 Å². The molecule has 1 heterocycles. The third-order valence-electron chi connectivity index (χ3n) is 3.93. The summed E-state index contributed by atoms with van der Waals surface area (Å²) < 4.78 is 5.30. The largest absolute Gasteiger partial charge is 0.497 e. The minimum absolute atomic E-state index is 0.510. The van der Waals surface area contributed by atoms with Crippen LogP contribution in [0, 0.1) is 0 Å². The zero-order chi connectivity index (χ0) is 14.7. The van der Waals surface area contributed by atoms with E-state index in [0.29, 0.717) is 6.04 Å². The quantitative estimate of drug-likeness (QED) is 0.914. The highest BCUT2D eigenvalue weighted by Crippen LogP contribution is 2.35. The molecule has 0 radical (unpaired) electrons. The SMILES string of the molecule is CCNC1CCCc2nc(Cc3cccc(OC)c3)sc21. The molecule has 0 saturated heterocycles. The monoisotopic (exact) mass is 302 g/mol. The average molecular weight is 302 g/mol. The zero-order valence-corrected chi connectivity index (χ0v) is 13.5. The number of nitrogens with zero attached hydrogens (tertiary/aromatic N) is 1. The first-order valence-electron chi connectivity index (χ1n) is 7.65. The van der Waals surface area contributed by atoms with Gasteiger partial charge in [0.05, 0.1) is 17.8 Å². The van der Waals surface area contributed by atoms with Gasteiger partial charge in [0.25, 0.3) is 0 Å². The van der Waals surface area contributed by atoms with E-state index < -0.39 is 0 Å². The first kappa shape index (κ1) is 14.5. The van der Waals surface area contributed by atoms with E-state index in [9.17, 15) is 0 Å². The molecule has 0 saturated carbocycles. The fourth-order valence-electron chi connectivity index (χ4n) is 2.94. The van der Waals surface area contributed by atoms with Gasteiger partial charge in [-0.05, 0) is 43.5 Å². The van der Waals surface area contributed by atoms with Gasteiger partial charge in [-0.15, -0.1) is 11.3 Å². The number of nitrogens with one attached hydrogen (secondary N) is 1. The molecular weight excluding hydrogens is 280 g/mol. The predicted molar refractivity (Wildman–Crippen MR) is 87.3 cm³/mol. The Morgan fingerprint density at radius 1 is 1.43 bits per heavy atom. The first-order chi connectivity index (χ1) is 10.3. The van der Waals surface area contributed by atoms with Gasteiger partial charge in [0.1, 0.15) is 5.75 Å². The predicted octanol–water partition coefficient (Wildman–Crippen LogP) is 3.73. The van der Waals surface area contributed by atoms with Crippen molar-refractivity contribution in [1.29, 1.82) is 0 Å². The van der Waals surface area contributed by atoms with Crippen LogP contribution in [0.1, 0.15) is 46.9 Å². The molecule has 0 spiro atoms. The second-order valence-corrected chi connectivity index (χ2v) is 6.56. The summed E-state index contributed by atoms with van der Waals surface area (Å²) in [6.45, 7) is 3.19. The van der Waals surface area contributed by atoms with Crippen LogP contribution in [-0.2, 0) is 12.8 Å². The van der Waals surface area contributed by atoms with Gasteiger partial charge in [-0.3, -0.25) is 0 Å². The van der Waals surface area contributed by atoms with E-state index in [1.54, 1.807) is 7.11 Å². The first-order valence-corrected chi connectivity index (χ1v) is 8.46.